The van der Waals surface area contributed by atoms with Crippen molar-refractivity contribution in [2.24, 2.45) is 7.05 Å². The third kappa shape index (κ3) is 5.43. The van der Waals surface area contributed by atoms with Gasteiger partial charge in [-0.05, 0) is 37.3 Å². The van der Waals surface area contributed by atoms with Crippen molar-refractivity contribution < 1.29 is 9.53 Å². The molecule has 3 rings (SSSR count). The van der Waals surface area contributed by atoms with E-state index in [1.54, 1.807) is 44.3 Å². The molecule has 0 aliphatic rings. The summed E-state index contributed by atoms with van der Waals surface area (Å²) in [6.45, 7) is 1.62. The van der Waals surface area contributed by atoms with Gasteiger partial charge < -0.3 is 15.8 Å². The second kappa shape index (κ2) is 8.89. The first-order valence-corrected chi connectivity index (χ1v) is 9.14. The van der Waals surface area contributed by atoms with Crippen LogP contribution in [0.4, 0.5) is 17.6 Å². The number of nitrogens with two attached hydrogens (primary N) is 1. The number of halogens is 2. The molecule has 2 heterocycles. The van der Waals surface area contributed by atoms with Crippen molar-refractivity contribution in [1.29, 1.82) is 0 Å². The Hall–Kier alpha value is -3.17. The summed E-state index contributed by atoms with van der Waals surface area (Å²) in [5.41, 5.74) is 7.77. The van der Waals surface area contributed by atoms with Crippen LogP contribution in [0.3, 0.4) is 0 Å². The van der Waals surface area contributed by atoms with Gasteiger partial charge in [0.25, 0.3) is 0 Å². The second-order valence-corrected chi connectivity index (χ2v) is 6.71. The first kappa shape index (κ1) is 20.6. The summed E-state index contributed by atoms with van der Waals surface area (Å²) in [6.07, 6.45) is 2.80. The zero-order valence-electron chi connectivity index (χ0n) is 15.6. The average molecular weight is 434 g/mol. The zero-order valence-corrected chi connectivity index (χ0v) is 17.1. The van der Waals surface area contributed by atoms with E-state index >= 15 is 0 Å². The van der Waals surface area contributed by atoms with Gasteiger partial charge in [-0.25, -0.2) is 4.79 Å². The summed E-state index contributed by atoms with van der Waals surface area (Å²) in [5, 5.41) is 8.18. The van der Waals surface area contributed by atoms with E-state index in [1.807, 2.05) is 0 Å². The van der Waals surface area contributed by atoms with Crippen LogP contribution in [0, 0.1) is 6.92 Å². The lowest BCUT2D eigenvalue weighted by atomic mass is 10.2. The van der Waals surface area contributed by atoms with Crippen molar-refractivity contribution in [2.45, 2.75) is 13.5 Å². The van der Waals surface area contributed by atoms with Crippen LogP contribution in [0.1, 0.15) is 17.1 Å². The smallest absolute Gasteiger partial charge is 0.331 e. The maximum Gasteiger partial charge on any atom is 0.331 e. The maximum absolute atomic E-state index is 12.0. The van der Waals surface area contributed by atoms with Crippen LogP contribution >= 0.6 is 23.2 Å². The predicted octanol–water partition coefficient (Wildman–Crippen LogP) is 3.30. The molecule has 3 N–H and O–H groups in total. The molecule has 150 valence electrons. The van der Waals surface area contributed by atoms with Gasteiger partial charge in [0, 0.05) is 29.4 Å². The lowest BCUT2D eigenvalue weighted by molar-refractivity contribution is -0.139. The van der Waals surface area contributed by atoms with Crippen molar-refractivity contribution in [3.63, 3.8) is 0 Å². The maximum atomic E-state index is 12.0. The number of nitrogen functional groups attached to an aromatic ring is 1. The summed E-state index contributed by atoms with van der Waals surface area (Å²) >= 11 is 12.0. The average Bonchev–Trinajstić information content (AvgIpc) is 2.91. The van der Waals surface area contributed by atoms with Crippen molar-refractivity contribution >= 4 is 52.8 Å². The van der Waals surface area contributed by atoms with E-state index in [1.165, 1.54) is 10.8 Å². The molecule has 2 aromatic heterocycles. The number of nitrogens with one attached hydrogen (secondary N) is 1. The molecule has 0 saturated heterocycles. The Bertz CT molecular complexity index is 1060. The summed E-state index contributed by atoms with van der Waals surface area (Å²) in [4.78, 5) is 24.2. The Morgan fingerprint density at radius 3 is 2.62 bits per heavy atom. The number of ether oxygens (including phenoxy) is 1. The minimum absolute atomic E-state index is 0.00387. The summed E-state index contributed by atoms with van der Waals surface area (Å²) < 4.78 is 6.68. The highest BCUT2D eigenvalue weighted by Gasteiger charge is 2.10. The summed E-state index contributed by atoms with van der Waals surface area (Å²) in [7, 11) is 1.71. The molecule has 0 amide bonds. The number of rotatable bonds is 6. The van der Waals surface area contributed by atoms with E-state index in [2.05, 4.69) is 25.4 Å². The molecule has 0 fully saturated rings. The highest BCUT2D eigenvalue weighted by Crippen LogP contribution is 2.20. The van der Waals surface area contributed by atoms with Gasteiger partial charge in [-0.2, -0.15) is 20.1 Å². The van der Waals surface area contributed by atoms with Gasteiger partial charge in [-0.3, -0.25) is 4.68 Å². The Morgan fingerprint density at radius 2 is 1.97 bits per heavy atom. The van der Waals surface area contributed by atoms with Crippen LogP contribution in [0.5, 0.6) is 0 Å². The van der Waals surface area contributed by atoms with Crippen molar-refractivity contribution in [2.75, 3.05) is 11.1 Å². The predicted molar refractivity (Wildman–Crippen MR) is 111 cm³/mol. The van der Waals surface area contributed by atoms with Gasteiger partial charge in [0.1, 0.15) is 5.15 Å². The van der Waals surface area contributed by atoms with Gasteiger partial charge in [0.05, 0.1) is 5.69 Å². The third-order valence-corrected chi connectivity index (χ3v) is 4.43. The molecular weight excluding hydrogens is 417 g/mol. The molecule has 9 nitrogen and oxygen atoms in total. The van der Waals surface area contributed by atoms with Gasteiger partial charge in [0.2, 0.25) is 11.9 Å². The number of aryl methyl sites for hydroxylation is 2. The first-order valence-electron chi connectivity index (χ1n) is 8.39. The molecule has 0 spiro atoms. The minimum Gasteiger partial charge on any atom is -0.454 e. The van der Waals surface area contributed by atoms with Gasteiger partial charge >= 0.3 is 5.97 Å². The number of aromatic nitrogens is 5. The second-order valence-electron chi connectivity index (χ2n) is 5.92. The molecule has 0 atom stereocenters. The molecular formula is C18H17Cl2N7O2. The quantitative estimate of drug-likeness (QED) is 0.448. The molecule has 0 saturated carbocycles. The standard InChI is InChI=1S/C18H17Cl2N7O2/c1-10-13(16(20)27(2)26-10)7-8-15(28)29-9-14-23-17(21)25-18(24-14)22-12-5-3-11(19)4-6-12/h3-8H,9H2,1-2H3,(H3,21,22,23,24,25)/b8-7+. The van der Waals surface area contributed by atoms with Gasteiger partial charge in [0.15, 0.2) is 12.4 Å². The van der Waals surface area contributed by atoms with E-state index in [9.17, 15) is 4.79 Å². The lowest BCUT2D eigenvalue weighted by Crippen LogP contribution is -2.10. The van der Waals surface area contributed by atoms with E-state index in [0.717, 1.165) is 5.69 Å². The molecule has 0 radical (unpaired) electrons. The van der Waals surface area contributed by atoms with Crippen molar-refractivity contribution in [3.8, 4) is 0 Å². The van der Waals surface area contributed by atoms with Gasteiger partial charge in [-0.15, -0.1) is 0 Å². The molecule has 29 heavy (non-hydrogen) atoms. The fourth-order valence-electron chi connectivity index (χ4n) is 2.39. The van der Waals surface area contributed by atoms with Crippen LogP contribution in [-0.4, -0.2) is 30.7 Å². The van der Waals surface area contributed by atoms with Crippen LogP contribution in [0.2, 0.25) is 10.2 Å². The fourth-order valence-corrected chi connectivity index (χ4v) is 2.76. The molecule has 3 aromatic rings. The third-order valence-electron chi connectivity index (χ3n) is 3.73. The first-order chi connectivity index (χ1) is 13.8. The Balaban J connectivity index is 1.64. The lowest BCUT2D eigenvalue weighted by Gasteiger charge is -2.07. The number of benzene rings is 1. The monoisotopic (exact) mass is 433 g/mol. The zero-order chi connectivity index (χ0) is 21.0. The van der Waals surface area contributed by atoms with Crippen LogP contribution < -0.4 is 11.1 Å². The minimum atomic E-state index is -0.587. The normalized spacial score (nSPS) is 11.0. The summed E-state index contributed by atoms with van der Waals surface area (Å²) in [6, 6.07) is 6.97. The molecule has 0 bridgehead atoms. The molecule has 11 heteroatoms. The Morgan fingerprint density at radius 1 is 1.24 bits per heavy atom. The van der Waals surface area contributed by atoms with E-state index in [-0.39, 0.29) is 24.3 Å². The van der Waals surface area contributed by atoms with Crippen LogP contribution in [0.15, 0.2) is 30.3 Å². The number of carbonyl (C=O) groups is 1. The fraction of sp³-hybridized carbons (Fsp3) is 0.167. The molecule has 1 aromatic carbocycles. The number of hydrogen-bond donors (Lipinski definition) is 2. The Labute approximate surface area is 176 Å². The topological polar surface area (TPSA) is 121 Å². The highest BCUT2D eigenvalue weighted by molar-refractivity contribution is 6.31. The number of esters is 1. The highest BCUT2D eigenvalue weighted by atomic mass is 35.5. The number of nitrogens with zero attached hydrogens (tertiary/aromatic N) is 5. The number of hydrogen-bond acceptors (Lipinski definition) is 8. The molecule has 0 aliphatic carbocycles. The number of anilines is 3. The SMILES string of the molecule is Cc1nn(C)c(Cl)c1/C=C/C(=O)OCc1nc(N)nc(Nc2ccc(Cl)cc2)n1. The van der Waals surface area contributed by atoms with E-state index in [0.29, 0.717) is 21.4 Å². The number of carbonyl (C=O) groups excluding carboxylic acids is 1. The van der Waals surface area contributed by atoms with Crippen molar-refractivity contribution in [3.05, 3.63) is 57.6 Å². The van der Waals surface area contributed by atoms with E-state index < -0.39 is 5.97 Å². The van der Waals surface area contributed by atoms with Gasteiger partial charge in [-0.1, -0.05) is 23.2 Å². The molecule has 0 unspecified atom stereocenters. The summed E-state index contributed by atoms with van der Waals surface area (Å²) in [5.74, 6) is -0.170. The largest absolute Gasteiger partial charge is 0.454 e. The molecule has 0 aliphatic heterocycles. The van der Waals surface area contributed by atoms with Crippen LogP contribution in [-0.2, 0) is 23.2 Å². The van der Waals surface area contributed by atoms with Crippen molar-refractivity contribution in [1.82, 2.24) is 24.7 Å². The van der Waals surface area contributed by atoms with Crippen LogP contribution in [0.25, 0.3) is 6.08 Å². The Kier molecular flexibility index (Phi) is 6.30. The van der Waals surface area contributed by atoms with E-state index in [4.69, 9.17) is 33.7 Å².